The number of aromatic hydroxyl groups is 1. The average Bonchev–Trinajstić information content (AvgIpc) is 3.57. The van der Waals surface area contributed by atoms with Crippen molar-refractivity contribution < 1.29 is 48.0 Å². The van der Waals surface area contributed by atoms with Crippen LogP contribution < -0.4 is 19.7 Å². The van der Waals surface area contributed by atoms with Crippen LogP contribution in [0.25, 0.3) is 11.0 Å². The van der Waals surface area contributed by atoms with Crippen molar-refractivity contribution in [2.24, 2.45) is 11.8 Å². The number of benzene rings is 6. The molecule has 7 atom stereocenters. The molecule has 17 nitrogen and oxygen atoms in total. The van der Waals surface area contributed by atoms with Crippen LogP contribution in [0, 0.1) is 23.7 Å². The van der Waals surface area contributed by atoms with Crippen LogP contribution in [0.5, 0.6) is 17.2 Å². The van der Waals surface area contributed by atoms with E-state index < -0.39 is 77.3 Å². The van der Waals surface area contributed by atoms with Gasteiger partial charge in [0.25, 0.3) is 0 Å². The number of urea groups is 1. The number of para-hydroxylation sites is 1. The quantitative estimate of drug-likeness (QED) is 0.102. The highest BCUT2D eigenvalue weighted by molar-refractivity contribution is 6.25. The number of hydrogen-bond donors (Lipinski definition) is 2. The molecule has 390 valence electrons. The second-order valence-electron chi connectivity index (χ2n) is 19.9. The predicted molar refractivity (Wildman–Crippen MR) is 282 cm³/mol. The highest BCUT2D eigenvalue weighted by atomic mass is 16.6. The first-order valence-electron chi connectivity index (χ1n) is 25.4. The van der Waals surface area contributed by atoms with Gasteiger partial charge in [-0.25, -0.2) is 19.2 Å². The molecule has 6 aromatic carbocycles. The fourth-order valence-electron chi connectivity index (χ4n) is 12.0. The number of hydrogen-bond acceptors (Lipinski definition) is 13. The van der Waals surface area contributed by atoms with Gasteiger partial charge in [-0.1, -0.05) is 116 Å². The Bertz CT molecular complexity index is 3520. The van der Waals surface area contributed by atoms with Gasteiger partial charge in [-0.15, -0.1) is 5.10 Å². The number of cyclic esters (lactones) is 1. The number of carbonyl (C=O) groups is 5. The molecular formula is C60H55N7O10. The van der Waals surface area contributed by atoms with Crippen molar-refractivity contribution in [3.8, 4) is 29.1 Å². The first-order chi connectivity index (χ1) is 37.4. The van der Waals surface area contributed by atoms with Crippen molar-refractivity contribution in [3.63, 3.8) is 0 Å². The molecule has 2 saturated heterocycles. The van der Waals surface area contributed by atoms with Gasteiger partial charge in [-0.05, 0) is 100 Å². The minimum absolute atomic E-state index is 0.0664. The molecule has 0 saturated carbocycles. The maximum Gasteiger partial charge on any atom is 0.329 e. The monoisotopic (exact) mass is 1030 g/mol. The third kappa shape index (κ3) is 8.45. The number of aromatic nitrogens is 3. The van der Waals surface area contributed by atoms with Gasteiger partial charge in [0.1, 0.15) is 41.4 Å². The van der Waals surface area contributed by atoms with Crippen LogP contribution >= 0.6 is 0 Å². The van der Waals surface area contributed by atoms with E-state index in [4.69, 9.17) is 18.9 Å². The van der Waals surface area contributed by atoms with E-state index in [-0.39, 0.29) is 36.6 Å². The molecule has 0 aliphatic carbocycles. The van der Waals surface area contributed by atoms with E-state index >= 15 is 19.2 Å². The molecule has 11 rings (SSSR count). The molecule has 4 aliphatic heterocycles. The minimum Gasteiger partial charge on any atom is -0.508 e. The lowest BCUT2D eigenvalue weighted by molar-refractivity contribution is -0.179. The fourth-order valence-corrected chi connectivity index (χ4v) is 12.0. The number of morpholine rings is 1. The van der Waals surface area contributed by atoms with Gasteiger partial charge in [0.2, 0.25) is 11.8 Å². The fraction of sp³-hybridized carbons (Fsp3) is 0.283. The number of phenolic OH excluding ortho intramolecular Hbond substituents is 1. The van der Waals surface area contributed by atoms with Crippen molar-refractivity contribution in [3.05, 3.63) is 178 Å². The third-order valence-corrected chi connectivity index (χ3v) is 15.4. The van der Waals surface area contributed by atoms with Gasteiger partial charge in [0, 0.05) is 18.7 Å². The predicted octanol–water partition coefficient (Wildman–Crippen LogP) is 7.36. The first-order valence-corrected chi connectivity index (χ1v) is 25.4. The molecule has 2 N–H and O–H groups in total. The molecule has 17 heteroatoms. The van der Waals surface area contributed by atoms with Crippen molar-refractivity contribution in [1.29, 1.82) is 0 Å². The topological polar surface area (TPSA) is 195 Å². The van der Waals surface area contributed by atoms with E-state index in [0.29, 0.717) is 40.1 Å². The van der Waals surface area contributed by atoms with Gasteiger partial charge in [-0.2, -0.15) is 0 Å². The minimum atomic E-state index is -2.14. The van der Waals surface area contributed by atoms with E-state index in [0.717, 1.165) is 27.1 Å². The molecule has 1 spiro atoms. The number of esters is 2. The molecule has 7 aromatic rings. The summed E-state index contributed by atoms with van der Waals surface area (Å²) in [5.74, 6) is 2.47. The smallest absolute Gasteiger partial charge is 0.329 e. The van der Waals surface area contributed by atoms with Crippen molar-refractivity contribution in [1.82, 2.24) is 30.1 Å². The molecule has 0 radical (unpaired) electrons. The van der Waals surface area contributed by atoms with Crippen LogP contribution in [0.15, 0.2) is 140 Å². The Labute approximate surface area is 444 Å². The molecule has 0 bridgehead atoms. The molecule has 7 unspecified atom stereocenters. The SMILES string of the molecule is COC(=O)C(NC(=O)N1C(=O)C2(c3cc(C#CCn4nnc5ccccc54)ccc31)C(C(=O)N1CCc3cc(OC)c(OC)cc3C1)C1C(=O)OC(c3ccccc3)C(c3ccccc3)N1C2c1ccc(O)cc1)C(C)C. The number of rotatable bonds is 10. The second kappa shape index (κ2) is 20.3. The summed E-state index contributed by atoms with van der Waals surface area (Å²) >= 11 is 0. The first kappa shape index (κ1) is 50.2. The summed E-state index contributed by atoms with van der Waals surface area (Å²) in [5, 5.41) is 22.3. The molecule has 4 aliphatic rings. The molecule has 2 fully saturated rings. The van der Waals surface area contributed by atoms with Gasteiger partial charge < -0.3 is 34.3 Å². The number of phenols is 1. The Morgan fingerprint density at radius 1 is 0.805 bits per heavy atom. The van der Waals surface area contributed by atoms with Crippen LogP contribution in [-0.4, -0.2) is 99.6 Å². The number of amides is 4. The average molecular weight is 1030 g/mol. The van der Waals surface area contributed by atoms with E-state index in [9.17, 15) is 9.90 Å². The lowest BCUT2D eigenvalue weighted by atomic mass is 9.64. The zero-order valence-corrected chi connectivity index (χ0v) is 43.0. The summed E-state index contributed by atoms with van der Waals surface area (Å²) in [7, 11) is 4.31. The highest BCUT2D eigenvalue weighted by Gasteiger charge is 2.76. The van der Waals surface area contributed by atoms with E-state index in [2.05, 4.69) is 27.5 Å². The molecule has 5 heterocycles. The Kier molecular flexibility index (Phi) is 13.2. The number of nitrogens with zero attached hydrogens (tertiary/aromatic N) is 6. The summed E-state index contributed by atoms with van der Waals surface area (Å²) in [6.07, 6.45) is -0.571. The summed E-state index contributed by atoms with van der Waals surface area (Å²) in [6.45, 7) is 3.89. The number of anilines is 1. The maximum atomic E-state index is 16.9. The lowest BCUT2D eigenvalue weighted by Crippen LogP contribution is -2.58. The number of imide groups is 1. The van der Waals surface area contributed by atoms with Crippen molar-refractivity contribution in [2.45, 2.75) is 69.0 Å². The van der Waals surface area contributed by atoms with Gasteiger partial charge >= 0.3 is 18.0 Å². The molecule has 1 aromatic heterocycles. The number of methoxy groups -OCH3 is 3. The van der Waals surface area contributed by atoms with Gasteiger partial charge in [0.15, 0.2) is 11.5 Å². The van der Waals surface area contributed by atoms with Crippen LogP contribution in [0.3, 0.4) is 0 Å². The Morgan fingerprint density at radius 3 is 2.17 bits per heavy atom. The zero-order chi connectivity index (χ0) is 53.7. The normalized spacial score (nSPS) is 21.9. The number of fused-ring (bicyclic) bond motifs is 5. The summed E-state index contributed by atoms with van der Waals surface area (Å²) < 4.78 is 24.8. The van der Waals surface area contributed by atoms with Crippen LogP contribution in [0.1, 0.15) is 71.0 Å². The Hall–Kier alpha value is -9.01. The van der Waals surface area contributed by atoms with Gasteiger partial charge in [-0.3, -0.25) is 19.3 Å². The summed E-state index contributed by atoms with van der Waals surface area (Å²) in [5.41, 5.74) is 3.66. The van der Waals surface area contributed by atoms with Crippen LogP contribution in [0.4, 0.5) is 10.5 Å². The molecule has 4 amide bonds. The largest absolute Gasteiger partial charge is 0.508 e. The van der Waals surface area contributed by atoms with Crippen LogP contribution in [-0.2, 0) is 53.6 Å². The Morgan fingerprint density at radius 2 is 1.48 bits per heavy atom. The summed E-state index contributed by atoms with van der Waals surface area (Å²) in [6, 6.07) is 35.7. The summed E-state index contributed by atoms with van der Waals surface area (Å²) in [4.78, 5) is 82.5. The zero-order valence-electron chi connectivity index (χ0n) is 43.0. The van der Waals surface area contributed by atoms with Crippen molar-refractivity contribution in [2.75, 3.05) is 32.8 Å². The number of carbonyl (C=O) groups excluding carboxylic acids is 5. The van der Waals surface area contributed by atoms with Crippen LogP contribution in [0.2, 0.25) is 0 Å². The standard InChI is InChI=1S/C60H55N7O10/c1-35(2)50(56(70)76-5)61-59(73)66-45-27-22-36(15-14-29-65-46-21-13-12-20-44(46)62-63-65)31-43(45)60(58(66)72)49(55(69)64-30-28-40-32-47(74-3)48(75-4)33-41(40)34-64)52-57(71)77-53(38-18-10-7-11-19-38)51(37-16-8-6-9-17-37)67(52)54(60)39-23-25-42(68)26-24-39/h6-13,16-27,31-33,35,49-54,68H,28-30,34H2,1-5H3,(H,61,73). The van der Waals surface area contributed by atoms with E-state index in [1.165, 1.54) is 26.4 Å². The van der Waals surface area contributed by atoms with E-state index in [1.54, 1.807) is 60.9 Å². The Balaban J connectivity index is 1.18. The number of ether oxygens (including phenoxy) is 4. The molecule has 77 heavy (non-hydrogen) atoms. The van der Waals surface area contributed by atoms with Crippen molar-refractivity contribution >= 4 is 46.5 Å². The lowest BCUT2D eigenvalue weighted by Gasteiger charge is -2.46. The molecular weight excluding hydrogens is 979 g/mol. The second-order valence-corrected chi connectivity index (χ2v) is 19.9. The highest BCUT2D eigenvalue weighted by Crippen LogP contribution is 2.66. The van der Waals surface area contributed by atoms with E-state index in [1.807, 2.05) is 102 Å². The van der Waals surface area contributed by atoms with Gasteiger partial charge in [0.05, 0.1) is 50.5 Å². The number of nitrogens with one attached hydrogen (secondary N) is 1. The maximum absolute atomic E-state index is 16.9. The third-order valence-electron chi connectivity index (χ3n) is 15.4.